The first-order valence-electron chi connectivity index (χ1n) is 5.52. The fraction of sp³-hybridized carbons (Fsp3) is 0.0833. The summed E-state index contributed by atoms with van der Waals surface area (Å²) in [5.41, 5.74) is 5.20. The third kappa shape index (κ3) is 4.04. The number of anilines is 1. The summed E-state index contributed by atoms with van der Waals surface area (Å²) in [4.78, 5) is 0. The van der Waals surface area contributed by atoms with Crippen LogP contribution < -0.4 is 10.7 Å². The van der Waals surface area contributed by atoms with Crippen molar-refractivity contribution in [3.63, 3.8) is 0 Å². The number of hydrazone groups is 1. The first-order chi connectivity index (χ1) is 9.15. The summed E-state index contributed by atoms with van der Waals surface area (Å²) in [5.74, 6) is 0. The highest BCUT2D eigenvalue weighted by atomic mass is 35.5. The van der Waals surface area contributed by atoms with Crippen molar-refractivity contribution < 1.29 is 0 Å². The molecule has 7 heteroatoms. The predicted molar refractivity (Wildman–Crippen MR) is 81.6 cm³/mol. The normalized spacial score (nSPS) is 11.2. The SMILES string of the molecule is CC(=NNC(=S)Nc1ccc(Cl)cc1)c1ccn[nH]1. The van der Waals surface area contributed by atoms with Crippen molar-refractivity contribution in [1.29, 1.82) is 0 Å². The molecule has 0 saturated heterocycles. The van der Waals surface area contributed by atoms with E-state index in [2.05, 4.69) is 26.0 Å². The van der Waals surface area contributed by atoms with Crippen molar-refractivity contribution in [3.8, 4) is 0 Å². The number of H-pyrrole nitrogens is 1. The van der Waals surface area contributed by atoms with Crippen molar-refractivity contribution in [3.05, 3.63) is 47.2 Å². The fourth-order valence-electron chi connectivity index (χ4n) is 1.34. The van der Waals surface area contributed by atoms with Crippen LogP contribution in [0, 0.1) is 0 Å². The molecule has 2 aromatic rings. The van der Waals surface area contributed by atoms with E-state index in [4.69, 9.17) is 23.8 Å². The lowest BCUT2D eigenvalue weighted by Crippen LogP contribution is -2.25. The van der Waals surface area contributed by atoms with Gasteiger partial charge in [0.1, 0.15) is 0 Å². The number of halogens is 1. The van der Waals surface area contributed by atoms with Gasteiger partial charge in [0.2, 0.25) is 0 Å². The number of aromatic amines is 1. The van der Waals surface area contributed by atoms with Gasteiger partial charge in [-0.3, -0.25) is 10.5 Å². The Morgan fingerprint density at radius 3 is 2.68 bits per heavy atom. The molecule has 0 spiro atoms. The largest absolute Gasteiger partial charge is 0.331 e. The first-order valence-corrected chi connectivity index (χ1v) is 6.30. The van der Waals surface area contributed by atoms with Gasteiger partial charge in [0.25, 0.3) is 0 Å². The molecule has 0 bridgehead atoms. The number of nitrogens with one attached hydrogen (secondary N) is 3. The number of aromatic nitrogens is 2. The summed E-state index contributed by atoms with van der Waals surface area (Å²) in [6.45, 7) is 1.85. The molecule has 0 unspecified atom stereocenters. The van der Waals surface area contributed by atoms with Crippen LogP contribution in [0.1, 0.15) is 12.6 Å². The molecule has 0 aliphatic carbocycles. The standard InChI is InChI=1S/C12H12ClN5S/c1-8(11-6-7-14-17-11)16-18-12(19)15-10-4-2-9(13)3-5-10/h2-7H,1H3,(H,14,17)(H2,15,18,19). The Balaban J connectivity index is 1.91. The lowest BCUT2D eigenvalue weighted by molar-refractivity contribution is 1.02. The molecule has 0 atom stereocenters. The van der Waals surface area contributed by atoms with E-state index in [0.717, 1.165) is 17.1 Å². The average Bonchev–Trinajstić information content (AvgIpc) is 2.93. The van der Waals surface area contributed by atoms with Gasteiger partial charge in [-0.15, -0.1) is 0 Å². The number of thiocarbonyl (C=S) groups is 1. The minimum Gasteiger partial charge on any atom is -0.331 e. The summed E-state index contributed by atoms with van der Waals surface area (Å²) < 4.78 is 0. The number of rotatable bonds is 3. The zero-order valence-corrected chi connectivity index (χ0v) is 11.7. The van der Waals surface area contributed by atoms with Crippen molar-refractivity contribution in [2.45, 2.75) is 6.92 Å². The van der Waals surface area contributed by atoms with Crippen LogP contribution >= 0.6 is 23.8 Å². The van der Waals surface area contributed by atoms with E-state index in [0.29, 0.717) is 10.1 Å². The molecule has 0 saturated carbocycles. The second-order valence-electron chi connectivity index (χ2n) is 3.74. The minimum atomic E-state index is 0.404. The van der Waals surface area contributed by atoms with Gasteiger partial charge in [-0.2, -0.15) is 10.2 Å². The highest BCUT2D eigenvalue weighted by Crippen LogP contribution is 2.13. The molecule has 2 rings (SSSR count). The molecule has 0 aliphatic heterocycles. The van der Waals surface area contributed by atoms with Crippen LogP contribution in [0.2, 0.25) is 5.02 Å². The number of benzene rings is 1. The molecule has 0 amide bonds. The monoisotopic (exact) mass is 293 g/mol. The summed E-state index contributed by atoms with van der Waals surface area (Å²) in [5, 5.41) is 14.9. The van der Waals surface area contributed by atoms with Gasteiger partial charge in [0, 0.05) is 16.9 Å². The molecular formula is C12H12ClN5S. The quantitative estimate of drug-likeness (QED) is 0.462. The van der Waals surface area contributed by atoms with Crippen LogP contribution in [-0.4, -0.2) is 21.0 Å². The van der Waals surface area contributed by atoms with E-state index < -0.39 is 0 Å². The second-order valence-corrected chi connectivity index (χ2v) is 4.59. The van der Waals surface area contributed by atoms with Crippen molar-refractivity contribution in [2.75, 3.05) is 5.32 Å². The molecule has 1 heterocycles. The third-order valence-electron chi connectivity index (χ3n) is 2.32. The van der Waals surface area contributed by atoms with Gasteiger partial charge in [-0.1, -0.05) is 11.6 Å². The summed E-state index contributed by atoms with van der Waals surface area (Å²) >= 11 is 10.9. The third-order valence-corrected chi connectivity index (χ3v) is 2.76. The first kappa shape index (κ1) is 13.5. The van der Waals surface area contributed by atoms with Crippen molar-refractivity contribution in [1.82, 2.24) is 15.6 Å². The van der Waals surface area contributed by atoms with E-state index in [1.807, 2.05) is 25.1 Å². The van der Waals surface area contributed by atoms with Gasteiger partial charge in [-0.05, 0) is 49.5 Å². The van der Waals surface area contributed by atoms with E-state index in [1.54, 1.807) is 18.3 Å². The molecule has 3 N–H and O–H groups in total. The Morgan fingerprint density at radius 2 is 2.05 bits per heavy atom. The van der Waals surface area contributed by atoms with E-state index in [9.17, 15) is 0 Å². The summed E-state index contributed by atoms with van der Waals surface area (Å²) in [6, 6.07) is 9.07. The molecule has 0 fully saturated rings. The highest BCUT2D eigenvalue weighted by molar-refractivity contribution is 7.80. The van der Waals surface area contributed by atoms with Gasteiger partial charge in [-0.25, -0.2) is 0 Å². The molecule has 0 radical (unpaired) electrons. The zero-order chi connectivity index (χ0) is 13.7. The van der Waals surface area contributed by atoms with Crippen LogP contribution in [-0.2, 0) is 0 Å². The van der Waals surface area contributed by atoms with Gasteiger partial charge in [0.05, 0.1) is 11.4 Å². The van der Waals surface area contributed by atoms with Gasteiger partial charge in [0.15, 0.2) is 5.11 Å². The lowest BCUT2D eigenvalue weighted by atomic mass is 10.3. The maximum atomic E-state index is 5.80. The van der Waals surface area contributed by atoms with E-state index >= 15 is 0 Å². The van der Waals surface area contributed by atoms with Crippen molar-refractivity contribution in [2.24, 2.45) is 5.10 Å². The number of nitrogens with zero attached hydrogens (tertiary/aromatic N) is 2. The van der Waals surface area contributed by atoms with Crippen LogP contribution in [0.4, 0.5) is 5.69 Å². The van der Waals surface area contributed by atoms with Crippen LogP contribution in [0.5, 0.6) is 0 Å². The van der Waals surface area contributed by atoms with Crippen LogP contribution in [0.25, 0.3) is 0 Å². The molecular weight excluding hydrogens is 282 g/mol. The fourth-order valence-corrected chi connectivity index (χ4v) is 1.63. The molecule has 0 aliphatic rings. The maximum Gasteiger partial charge on any atom is 0.191 e. The Hall–Kier alpha value is -1.92. The van der Waals surface area contributed by atoms with Gasteiger partial charge < -0.3 is 5.32 Å². The van der Waals surface area contributed by atoms with Crippen molar-refractivity contribution >= 4 is 40.3 Å². The molecule has 1 aromatic heterocycles. The summed E-state index contributed by atoms with van der Waals surface area (Å²) in [6.07, 6.45) is 1.67. The summed E-state index contributed by atoms with van der Waals surface area (Å²) in [7, 11) is 0. The Kier molecular flexibility index (Phi) is 4.48. The smallest absolute Gasteiger partial charge is 0.191 e. The number of hydrogen-bond donors (Lipinski definition) is 3. The van der Waals surface area contributed by atoms with Crippen LogP contribution in [0.15, 0.2) is 41.6 Å². The highest BCUT2D eigenvalue weighted by Gasteiger charge is 1.99. The predicted octanol–water partition coefficient (Wildman–Crippen LogP) is 2.77. The Labute approximate surface area is 121 Å². The van der Waals surface area contributed by atoms with E-state index in [1.165, 1.54) is 0 Å². The minimum absolute atomic E-state index is 0.404. The lowest BCUT2D eigenvalue weighted by Gasteiger charge is -2.07. The number of hydrogen-bond acceptors (Lipinski definition) is 3. The average molecular weight is 294 g/mol. The molecule has 1 aromatic carbocycles. The van der Waals surface area contributed by atoms with Crippen LogP contribution in [0.3, 0.4) is 0 Å². The topological polar surface area (TPSA) is 65.1 Å². The molecule has 5 nitrogen and oxygen atoms in total. The Morgan fingerprint density at radius 1 is 1.32 bits per heavy atom. The van der Waals surface area contributed by atoms with Gasteiger partial charge >= 0.3 is 0 Å². The zero-order valence-electron chi connectivity index (χ0n) is 10.1. The second kappa shape index (κ2) is 6.31. The molecule has 19 heavy (non-hydrogen) atoms. The molecule has 98 valence electrons. The Bertz CT molecular complexity index is 577. The van der Waals surface area contributed by atoms with E-state index in [-0.39, 0.29) is 0 Å². The maximum absolute atomic E-state index is 5.80.